The Bertz CT molecular complexity index is 1630. The zero-order chi connectivity index (χ0) is 28.9. The molecule has 0 bridgehead atoms. The van der Waals surface area contributed by atoms with Crippen LogP contribution in [0.1, 0.15) is 40.2 Å². The van der Waals surface area contributed by atoms with Crippen LogP contribution in [-0.2, 0) is 20.9 Å². The second-order valence-corrected chi connectivity index (χ2v) is 10.3. The second-order valence-electron chi connectivity index (χ2n) is 10.3. The van der Waals surface area contributed by atoms with Crippen molar-refractivity contribution in [2.45, 2.75) is 18.9 Å². The molecule has 6 rings (SSSR count). The molecular weight excluding hydrogens is 526 g/mol. The van der Waals surface area contributed by atoms with Crippen LogP contribution in [0.15, 0.2) is 97.1 Å². The summed E-state index contributed by atoms with van der Waals surface area (Å²) in [6, 6.07) is 32.0. The van der Waals surface area contributed by atoms with Crippen LogP contribution in [0.3, 0.4) is 0 Å². The molecule has 210 valence electrons. The number of nitrogens with zero attached hydrogens (tertiary/aromatic N) is 1. The maximum Gasteiger partial charge on any atom is 0.407 e. The van der Waals surface area contributed by atoms with Gasteiger partial charge >= 0.3 is 6.09 Å². The molecule has 1 aliphatic carbocycles. The average Bonchev–Trinajstić information content (AvgIpc) is 3.33. The topological polar surface area (TPSA) is 87.7 Å². The number of amides is 3. The first-order valence-electron chi connectivity index (χ1n) is 14.1. The minimum Gasteiger partial charge on any atom is -0.449 e. The number of hydrogen-bond donors (Lipinski definition) is 2. The summed E-state index contributed by atoms with van der Waals surface area (Å²) < 4.78 is 5.50. The van der Waals surface area contributed by atoms with Crippen LogP contribution in [0.4, 0.5) is 10.5 Å². The molecule has 2 N–H and O–H groups in total. The zero-order valence-electron chi connectivity index (χ0n) is 23.1. The van der Waals surface area contributed by atoms with Crippen LogP contribution in [0.2, 0.25) is 0 Å². The van der Waals surface area contributed by atoms with E-state index in [4.69, 9.17) is 4.74 Å². The minimum absolute atomic E-state index is 0.0566. The first-order chi connectivity index (χ1) is 20.6. The molecule has 7 heteroatoms. The third-order valence-electron chi connectivity index (χ3n) is 7.75. The lowest BCUT2D eigenvalue weighted by Crippen LogP contribution is -2.39. The van der Waals surface area contributed by atoms with Gasteiger partial charge in [-0.05, 0) is 45.0 Å². The number of ether oxygens (including phenoxy) is 1. The fraction of sp³-hybridized carbons (Fsp3) is 0.171. The van der Waals surface area contributed by atoms with Gasteiger partial charge in [0.15, 0.2) is 0 Å². The van der Waals surface area contributed by atoms with Crippen molar-refractivity contribution < 1.29 is 19.1 Å². The lowest BCUT2D eigenvalue weighted by atomic mass is 9.98. The summed E-state index contributed by atoms with van der Waals surface area (Å²) in [6.45, 7) is 0.523. The molecule has 0 saturated heterocycles. The number of benzene rings is 4. The molecular formula is C35H31N3O4. The first kappa shape index (κ1) is 27.0. The highest BCUT2D eigenvalue weighted by Gasteiger charge is 2.29. The van der Waals surface area contributed by atoms with Crippen molar-refractivity contribution in [1.29, 1.82) is 0 Å². The Kier molecular flexibility index (Phi) is 7.81. The summed E-state index contributed by atoms with van der Waals surface area (Å²) in [5.41, 5.74) is 8.44. The van der Waals surface area contributed by atoms with Crippen molar-refractivity contribution >= 4 is 35.7 Å². The van der Waals surface area contributed by atoms with Gasteiger partial charge in [-0.25, -0.2) is 4.79 Å². The molecule has 0 aromatic heterocycles. The highest BCUT2D eigenvalue weighted by Crippen LogP contribution is 2.44. The number of alkyl carbamates (subject to hydrolysis) is 1. The molecule has 42 heavy (non-hydrogen) atoms. The van der Waals surface area contributed by atoms with E-state index in [1.165, 1.54) is 0 Å². The Balaban J connectivity index is 0.992. The van der Waals surface area contributed by atoms with E-state index in [0.29, 0.717) is 6.54 Å². The summed E-state index contributed by atoms with van der Waals surface area (Å²) in [6.07, 6.45) is 3.55. The molecule has 0 spiro atoms. The zero-order valence-corrected chi connectivity index (χ0v) is 23.1. The number of carbonyl (C=O) groups is 3. The van der Waals surface area contributed by atoms with Crippen molar-refractivity contribution in [1.82, 2.24) is 10.6 Å². The number of anilines is 1. The van der Waals surface area contributed by atoms with Gasteiger partial charge in [-0.3, -0.25) is 9.59 Å². The summed E-state index contributed by atoms with van der Waals surface area (Å²) in [5, 5.41) is 5.25. The molecule has 0 unspecified atom stereocenters. The molecule has 0 atom stereocenters. The van der Waals surface area contributed by atoms with Crippen molar-refractivity contribution in [3.8, 4) is 11.1 Å². The van der Waals surface area contributed by atoms with Gasteiger partial charge in [0.05, 0.1) is 18.8 Å². The number of nitrogens with one attached hydrogen (secondary N) is 2. The van der Waals surface area contributed by atoms with E-state index < -0.39 is 12.0 Å². The Morgan fingerprint density at radius 3 is 2.12 bits per heavy atom. The molecule has 7 nitrogen and oxygen atoms in total. The summed E-state index contributed by atoms with van der Waals surface area (Å²) >= 11 is 0. The Morgan fingerprint density at radius 2 is 1.36 bits per heavy atom. The fourth-order valence-electron chi connectivity index (χ4n) is 5.68. The van der Waals surface area contributed by atoms with Crippen LogP contribution in [0.5, 0.6) is 0 Å². The highest BCUT2D eigenvalue weighted by atomic mass is 16.5. The van der Waals surface area contributed by atoms with Gasteiger partial charge < -0.3 is 20.3 Å². The molecule has 1 heterocycles. The second kappa shape index (κ2) is 12.1. The summed E-state index contributed by atoms with van der Waals surface area (Å²) in [5.74, 6) is -0.547. The van der Waals surface area contributed by atoms with Crippen LogP contribution in [0, 0.1) is 0 Å². The van der Waals surface area contributed by atoms with Crippen molar-refractivity contribution in [2.24, 2.45) is 0 Å². The number of para-hydroxylation sites is 1. The maximum absolute atomic E-state index is 13.3. The molecule has 0 fully saturated rings. The molecule has 0 radical (unpaired) electrons. The SMILES string of the molecule is O=C(CNC(=O)OCC1c2ccccc2-c2ccccc21)NCCC(=O)N1Cc2ccccc2/C=C\c2ccccc21. The highest BCUT2D eigenvalue weighted by molar-refractivity contribution is 5.97. The van der Waals surface area contributed by atoms with E-state index in [9.17, 15) is 14.4 Å². The number of fused-ring (bicyclic) bond motifs is 5. The third kappa shape index (κ3) is 5.67. The quantitative estimate of drug-likeness (QED) is 0.303. The van der Waals surface area contributed by atoms with Crippen LogP contribution in [0.25, 0.3) is 23.3 Å². The van der Waals surface area contributed by atoms with Crippen LogP contribution < -0.4 is 15.5 Å². The van der Waals surface area contributed by atoms with Gasteiger partial charge in [0.25, 0.3) is 0 Å². The smallest absolute Gasteiger partial charge is 0.407 e. The van der Waals surface area contributed by atoms with Crippen molar-refractivity contribution in [2.75, 3.05) is 24.6 Å². The van der Waals surface area contributed by atoms with Gasteiger partial charge in [-0.15, -0.1) is 0 Å². The largest absolute Gasteiger partial charge is 0.449 e. The van der Waals surface area contributed by atoms with Gasteiger partial charge in [-0.1, -0.05) is 103 Å². The van der Waals surface area contributed by atoms with E-state index in [0.717, 1.165) is 44.6 Å². The van der Waals surface area contributed by atoms with Gasteiger partial charge in [0, 0.05) is 18.9 Å². The molecule has 4 aromatic carbocycles. The Morgan fingerprint density at radius 1 is 0.738 bits per heavy atom. The predicted octanol–water partition coefficient (Wildman–Crippen LogP) is 5.75. The van der Waals surface area contributed by atoms with Crippen LogP contribution in [-0.4, -0.2) is 37.6 Å². The van der Waals surface area contributed by atoms with Crippen LogP contribution >= 0.6 is 0 Å². The van der Waals surface area contributed by atoms with E-state index in [-0.39, 0.29) is 37.9 Å². The summed E-state index contributed by atoms with van der Waals surface area (Å²) in [7, 11) is 0. The molecule has 3 amide bonds. The predicted molar refractivity (Wildman–Crippen MR) is 164 cm³/mol. The minimum atomic E-state index is -0.660. The lowest BCUT2D eigenvalue weighted by molar-refractivity contribution is -0.120. The Labute approximate surface area is 244 Å². The molecule has 4 aromatic rings. The van der Waals surface area contributed by atoms with Gasteiger partial charge in [0.1, 0.15) is 6.61 Å². The number of hydrogen-bond acceptors (Lipinski definition) is 4. The standard InChI is InChI=1S/C35H31N3O4/c39-33(21-37-35(41)42-23-31-29-14-6-4-12-27(29)28-13-5-7-15-30(28)31)36-20-19-34(40)38-22-26-11-2-1-9-24(26)17-18-25-10-3-8-16-32(25)38/h1-18,31H,19-23H2,(H,36,39)(H,37,41)/b18-17-. The first-order valence-corrected chi connectivity index (χ1v) is 14.1. The fourth-order valence-corrected chi connectivity index (χ4v) is 5.68. The normalized spacial score (nSPS) is 13.9. The van der Waals surface area contributed by atoms with E-state index >= 15 is 0 Å². The van der Waals surface area contributed by atoms with E-state index in [1.54, 1.807) is 4.90 Å². The van der Waals surface area contributed by atoms with E-state index in [2.05, 4.69) is 41.0 Å². The van der Waals surface area contributed by atoms with Gasteiger partial charge in [-0.2, -0.15) is 0 Å². The van der Waals surface area contributed by atoms with E-state index in [1.807, 2.05) is 78.9 Å². The maximum atomic E-state index is 13.3. The number of rotatable bonds is 7. The average molecular weight is 558 g/mol. The summed E-state index contributed by atoms with van der Waals surface area (Å²) in [4.78, 5) is 39.9. The molecule has 1 aliphatic heterocycles. The number of carbonyl (C=O) groups excluding carboxylic acids is 3. The van der Waals surface area contributed by atoms with Crippen molar-refractivity contribution in [3.63, 3.8) is 0 Å². The lowest BCUT2D eigenvalue weighted by Gasteiger charge is -2.27. The monoisotopic (exact) mass is 557 g/mol. The molecule has 2 aliphatic rings. The molecule has 0 saturated carbocycles. The third-order valence-corrected chi connectivity index (χ3v) is 7.75. The van der Waals surface area contributed by atoms with Gasteiger partial charge in [0.2, 0.25) is 11.8 Å². The van der Waals surface area contributed by atoms with Crippen molar-refractivity contribution in [3.05, 3.63) is 125 Å². The Hall–Kier alpha value is -5.17.